The Morgan fingerprint density at radius 3 is 2.39 bits per heavy atom. The Hall–Kier alpha value is -1.40. The van der Waals surface area contributed by atoms with E-state index in [1.54, 1.807) is 22.5 Å². The van der Waals surface area contributed by atoms with Crippen molar-refractivity contribution in [2.75, 3.05) is 5.32 Å². The summed E-state index contributed by atoms with van der Waals surface area (Å²) in [5, 5.41) is 2.76. The number of fused-ring (bicyclic) bond motifs is 1. The number of hydrogen-bond donors (Lipinski definition) is 1. The van der Waals surface area contributed by atoms with E-state index in [0.29, 0.717) is 4.90 Å². The summed E-state index contributed by atoms with van der Waals surface area (Å²) in [5.41, 5.74) is 1.53. The van der Waals surface area contributed by atoms with Gasteiger partial charge in [0.1, 0.15) is 0 Å². The Bertz CT molecular complexity index is 734. The second kappa shape index (κ2) is 5.60. The lowest BCUT2D eigenvalue weighted by Crippen LogP contribution is -2.42. The Labute approximate surface area is 137 Å². The van der Waals surface area contributed by atoms with E-state index in [0.717, 1.165) is 49.8 Å². The first kappa shape index (κ1) is 15.1. The number of nitrogens with zero attached hydrogens (tertiary/aromatic N) is 1. The monoisotopic (exact) mass is 334 g/mol. The summed E-state index contributed by atoms with van der Waals surface area (Å²) in [6.45, 7) is 0. The topological polar surface area (TPSA) is 66.5 Å². The van der Waals surface area contributed by atoms with Crippen molar-refractivity contribution >= 4 is 21.6 Å². The standard InChI is InChI=1S/C17H22N2O3S/c20-17-11-12-10-15(8-9-16(12)18-17)23(21,22)19(14-6-7-14)13-4-2-1-3-5-13/h8-10,13-14H,1-7,11H2,(H,18,20). The van der Waals surface area contributed by atoms with E-state index in [4.69, 9.17) is 0 Å². The summed E-state index contributed by atoms with van der Waals surface area (Å²) in [5.74, 6) is -0.0686. The van der Waals surface area contributed by atoms with E-state index in [1.807, 2.05) is 0 Å². The normalized spacial score (nSPS) is 22.2. The van der Waals surface area contributed by atoms with Crippen LogP contribution < -0.4 is 5.32 Å². The number of amides is 1. The lowest BCUT2D eigenvalue weighted by atomic mass is 9.95. The van der Waals surface area contributed by atoms with E-state index in [1.165, 1.54) is 6.42 Å². The molecule has 2 saturated carbocycles. The fourth-order valence-electron chi connectivity index (χ4n) is 3.84. The van der Waals surface area contributed by atoms with Gasteiger partial charge in [-0.3, -0.25) is 4.79 Å². The summed E-state index contributed by atoms with van der Waals surface area (Å²) in [6, 6.07) is 5.36. The molecule has 1 heterocycles. The summed E-state index contributed by atoms with van der Waals surface area (Å²) in [4.78, 5) is 11.8. The van der Waals surface area contributed by atoms with Crippen LogP contribution in [0.3, 0.4) is 0 Å². The molecule has 5 nitrogen and oxygen atoms in total. The number of sulfonamides is 1. The van der Waals surface area contributed by atoms with Crippen LogP contribution in [0.15, 0.2) is 23.1 Å². The van der Waals surface area contributed by atoms with Crippen LogP contribution in [0.4, 0.5) is 5.69 Å². The molecule has 1 amide bonds. The van der Waals surface area contributed by atoms with Gasteiger partial charge in [0.15, 0.2) is 0 Å². The van der Waals surface area contributed by atoms with E-state index in [-0.39, 0.29) is 24.4 Å². The van der Waals surface area contributed by atoms with Crippen LogP contribution >= 0.6 is 0 Å². The highest BCUT2D eigenvalue weighted by molar-refractivity contribution is 7.89. The van der Waals surface area contributed by atoms with Crippen molar-refractivity contribution in [1.29, 1.82) is 0 Å². The van der Waals surface area contributed by atoms with Crippen molar-refractivity contribution in [3.05, 3.63) is 23.8 Å². The van der Waals surface area contributed by atoms with Gasteiger partial charge >= 0.3 is 0 Å². The zero-order chi connectivity index (χ0) is 16.0. The van der Waals surface area contributed by atoms with Gasteiger partial charge in [-0.15, -0.1) is 0 Å². The van der Waals surface area contributed by atoms with Crippen molar-refractivity contribution in [1.82, 2.24) is 4.31 Å². The molecule has 0 spiro atoms. The first-order chi connectivity index (χ1) is 11.1. The van der Waals surface area contributed by atoms with E-state index < -0.39 is 10.0 Å². The second-order valence-corrected chi connectivity index (χ2v) is 8.75. The fraction of sp³-hybridized carbons (Fsp3) is 0.588. The molecule has 1 aromatic rings. The minimum Gasteiger partial charge on any atom is -0.326 e. The highest BCUT2D eigenvalue weighted by Gasteiger charge is 2.43. The number of rotatable bonds is 4. The summed E-state index contributed by atoms with van der Waals surface area (Å²) in [7, 11) is -3.48. The molecule has 6 heteroatoms. The third-order valence-electron chi connectivity index (χ3n) is 5.12. The highest BCUT2D eigenvalue weighted by atomic mass is 32.2. The molecule has 0 radical (unpaired) electrons. The maximum Gasteiger partial charge on any atom is 0.243 e. The molecule has 0 bridgehead atoms. The third kappa shape index (κ3) is 2.78. The van der Waals surface area contributed by atoms with Crippen LogP contribution in [0, 0.1) is 0 Å². The predicted molar refractivity (Wildman–Crippen MR) is 87.7 cm³/mol. The lowest BCUT2D eigenvalue weighted by Gasteiger charge is -2.33. The fourth-order valence-corrected chi connectivity index (χ4v) is 5.82. The third-order valence-corrected chi connectivity index (χ3v) is 7.12. The van der Waals surface area contributed by atoms with Crippen molar-refractivity contribution in [3.8, 4) is 0 Å². The van der Waals surface area contributed by atoms with Gasteiger partial charge in [-0.05, 0) is 49.4 Å². The molecule has 1 aliphatic heterocycles. The Morgan fingerprint density at radius 1 is 1.00 bits per heavy atom. The second-order valence-electron chi connectivity index (χ2n) is 6.90. The lowest BCUT2D eigenvalue weighted by molar-refractivity contribution is -0.115. The molecular weight excluding hydrogens is 312 g/mol. The van der Waals surface area contributed by atoms with Gasteiger partial charge in [-0.25, -0.2) is 8.42 Å². The minimum absolute atomic E-state index is 0.0686. The van der Waals surface area contributed by atoms with Gasteiger partial charge < -0.3 is 5.32 Å². The number of carbonyl (C=O) groups is 1. The Balaban J connectivity index is 1.68. The SMILES string of the molecule is O=C1Cc2cc(S(=O)(=O)N(C3CCCCC3)C3CC3)ccc2N1. The molecule has 0 saturated heterocycles. The van der Waals surface area contributed by atoms with Crippen LogP contribution in [-0.2, 0) is 21.2 Å². The number of hydrogen-bond acceptors (Lipinski definition) is 3. The number of benzene rings is 1. The molecule has 0 atom stereocenters. The van der Waals surface area contributed by atoms with Crippen LogP contribution in [0.5, 0.6) is 0 Å². The molecule has 0 unspecified atom stereocenters. The van der Waals surface area contributed by atoms with Crippen LogP contribution in [0.25, 0.3) is 0 Å². The molecule has 3 aliphatic rings. The van der Waals surface area contributed by atoms with E-state index >= 15 is 0 Å². The molecule has 124 valence electrons. The van der Waals surface area contributed by atoms with Crippen molar-refractivity contribution < 1.29 is 13.2 Å². The molecule has 23 heavy (non-hydrogen) atoms. The van der Waals surface area contributed by atoms with Crippen LogP contribution in [-0.4, -0.2) is 30.7 Å². The van der Waals surface area contributed by atoms with Gasteiger partial charge in [0, 0.05) is 17.8 Å². The highest BCUT2D eigenvalue weighted by Crippen LogP contribution is 2.39. The number of nitrogens with one attached hydrogen (secondary N) is 1. The average molecular weight is 334 g/mol. The summed E-state index contributed by atoms with van der Waals surface area (Å²) in [6.07, 6.45) is 7.61. The molecule has 4 rings (SSSR count). The molecular formula is C17H22N2O3S. The van der Waals surface area contributed by atoms with Crippen LogP contribution in [0.1, 0.15) is 50.5 Å². The quantitative estimate of drug-likeness (QED) is 0.920. The number of anilines is 1. The molecule has 0 aromatic heterocycles. The van der Waals surface area contributed by atoms with Crippen molar-refractivity contribution in [2.45, 2.75) is 68.3 Å². The largest absolute Gasteiger partial charge is 0.326 e. The van der Waals surface area contributed by atoms with Gasteiger partial charge in [0.25, 0.3) is 0 Å². The Kier molecular flexibility index (Phi) is 3.69. The molecule has 2 fully saturated rings. The van der Waals surface area contributed by atoms with Crippen LogP contribution in [0.2, 0.25) is 0 Å². The van der Waals surface area contributed by atoms with Crippen molar-refractivity contribution in [2.24, 2.45) is 0 Å². The van der Waals surface area contributed by atoms with Gasteiger partial charge in [-0.2, -0.15) is 4.31 Å². The van der Waals surface area contributed by atoms with Gasteiger partial charge in [0.05, 0.1) is 11.3 Å². The maximum absolute atomic E-state index is 13.2. The Morgan fingerprint density at radius 2 is 1.70 bits per heavy atom. The first-order valence-electron chi connectivity index (χ1n) is 8.52. The van der Waals surface area contributed by atoms with E-state index in [9.17, 15) is 13.2 Å². The van der Waals surface area contributed by atoms with Crippen molar-refractivity contribution in [3.63, 3.8) is 0 Å². The average Bonchev–Trinajstić information content (AvgIpc) is 3.27. The zero-order valence-corrected chi connectivity index (χ0v) is 13.9. The molecule has 2 aliphatic carbocycles. The number of carbonyl (C=O) groups excluding carboxylic acids is 1. The van der Waals surface area contributed by atoms with Gasteiger partial charge in [-0.1, -0.05) is 19.3 Å². The maximum atomic E-state index is 13.2. The smallest absolute Gasteiger partial charge is 0.243 e. The molecule has 1 aromatic carbocycles. The van der Waals surface area contributed by atoms with Gasteiger partial charge in [0.2, 0.25) is 15.9 Å². The minimum atomic E-state index is -3.48. The van der Waals surface area contributed by atoms with E-state index in [2.05, 4.69) is 5.32 Å². The zero-order valence-electron chi connectivity index (χ0n) is 13.1. The summed E-state index contributed by atoms with van der Waals surface area (Å²) < 4.78 is 28.2. The first-order valence-corrected chi connectivity index (χ1v) is 9.96. The molecule has 1 N–H and O–H groups in total. The summed E-state index contributed by atoms with van der Waals surface area (Å²) >= 11 is 0. The predicted octanol–water partition coefficient (Wildman–Crippen LogP) is 2.67.